The van der Waals surface area contributed by atoms with Crippen molar-refractivity contribution in [1.82, 2.24) is 9.97 Å². The maximum atomic E-state index is 5.08. The first-order valence-electron chi connectivity index (χ1n) is 2.97. The van der Waals surface area contributed by atoms with Crippen molar-refractivity contribution < 1.29 is 8.94 Å². The van der Waals surface area contributed by atoms with Gasteiger partial charge in [-0.2, -0.15) is 4.98 Å². The average molecular weight is 168 g/mol. The molecule has 2 aromatic rings. The minimum absolute atomic E-state index is 0.435. The zero-order chi connectivity index (χ0) is 7.68. The molecule has 1 atom stereocenters. The molecule has 2 aromatic heterocycles. The van der Waals surface area contributed by atoms with Crippen LogP contribution in [0.4, 0.5) is 0 Å². The molecule has 0 aliphatic rings. The summed E-state index contributed by atoms with van der Waals surface area (Å²) in [5, 5.41) is 0. The summed E-state index contributed by atoms with van der Waals surface area (Å²) in [5.74, 6) is 0.435. The highest BCUT2D eigenvalue weighted by Gasteiger charge is 2.04. The Morgan fingerprint density at radius 1 is 1.45 bits per heavy atom. The van der Waals surface area contributed by atoms with Crippen LogP contribution >= 0.6 is 9.47 Å². The maximum absolute atomic E-state index is 5.08. The summed E-state index contributed by atoms with van der Waals surface area (Å²) in [6, 6.07) is 1.75. The van der Waals surface area contributed by atoms with E-state index in [-0.39, 0.29) is 0 Å². The molecule has 0 saturated heterocycles. The molecule has 0 spiro atoms. The Morgan fingerprint density at radius 3 is 3.18 bits per heavy atom. The van der Waals surface area contributed by atoms with Gasteiger partial charge >= 0.3 is 0 Å². The van der Waals surface area contributed by atoms with Gasteiger partial charge in [0.2, 0.25) is 5.58 Å². The van der Waals surface area contributed by atoms with Gasteiger partial charge in [-0.1, -0.05) is 0 Å². The van der Waals surface area contributed by atoms with Gasteiger partial charge in [-0.3, -0.25) is 0 Å². The zero-order valence-corrected chi connectivity index (χ0v) is 6.68. The minimum Gasteiger partial charge on any atom is -0.461 e. The van der Waals surface area contributed by atoms with Crippen LogP contribution in [0, 0.1) is 0 Å². The van der Waals surface area contributed by atoms with Crippen LogP contribution in [0.3, 0.4) is 0 Å². The molecule has 0 fully saturated rings. The van der Waals surface area contributed by atoms with Crippen LogP contribution in [-0.2, 0) is 0 Å². The molecule has 2 rings (SSSR count). The molecule has 0 aliphatic heterocycles. The predicted octanol–water partition coefficient (Wildman–Crippen LogP) is 1.39. The molecule has 0 amide bonds. The second-order valence-corrected chi connectivity index (χ2v) is 2.17. The van der Waals surface area contributed by atoms with Crippen molar-refractivity contribution in [2.24, 2.45) is 0 Å². The van der Waals surface area contributed by atoms with E-state index in [1.807, 2.05) is 0 Å². The lowest BCUT2D eigenvalue weighted by atomic mass is 10.5. The van der Waals surface area contributed by atoms with Crippen molar-refractivity contribution in [2.75, 3.05) is 0 Å². The first-order valence-corrected chi connectivity index (χ1v) is 3.44. The van der Waals surface area contributed by atoms with Gasteiger partial charge < -0.3 is 8.94 Å². The minimum atomic E-state index is 0.435. The standard InChI is InChI=1S/C6H5N2O2P/c11-10-6-5-4(1-2-9-5)7-3-8-6/h1-3H,11H2. The summed E-state index contributed by atoms with van der Waals surface area (Å²) < 4.78 is 9.93. The van der Waals surface area contributed by atoms with Crippen molar-refractivity contribution in [3.05, 3.63) is 18.7 Å². The van der Waals surface area contributed by atoms with E-state index in [4.69, 9.17) is 8.94 Å². The fraction of sp³-hybridized carbons (Fsp3) is 0. The predicted molar refractivity (Wildman–Crippen MR) is 42.1 cm³/mol. The Bertz CT molecular complexity index is 373. The van der Waals surface area contributed by atoms with Gasteiger partial charge in [-0.25, -0.2) is 4.98 Å². The van der Waals surface area contributed by atoms with E-state index in [9.17, 15) is 0 Å². The quantitative estimate of drug-likeness (QED) is 0.603. The van der Waals surface area contributed by atoms with Gasteiger partial charge in [0.1, 0.15) is 11.8 Å². The SMILES string of the molecule is POc1ncnc2ccoc12. The van der Waals surface area contributed by atoms with E-state index in [0.29, 0.717) is 11.5 Å². The Hall–Kier alpha value is -1.15. The van der Waals surface area contributed by atoms with Crippen LogP contribution in [0.15, 0.2) is 23.1 Å². The summed E-state index contributed by atoms with van der Waals surface area (Å²) in [4.78, 5) is 7.81. The summed E-state index contributed by atoms with van der Waals surface area (Å²) in [5.41, 5.74) is 1.32. The Morgan fingerprint density at radius 2 is 2.36 bits per heavy atom. The van der Waals surface area contributed by atoms with Crippen LogP contribution < -0.4 is 4.52 Å². The highest BCUT2D eigenvalue weighted by Crippen LogP contribution is 2.22. The van der Waals surface area contributed by atoms with Crippen LogP contribution in [0.2, 0.25) is 0 Å². The summed E-state index contributed by atoms with van der Waals surface area (Å²) in [6.45, 7) is 0. The highest BCUT2D eigenvalue weighted by molar-refractivity contribution is 7.10. The topological polar surface area (TPSA) is 48.2 Å². The summed E-state index contributed by atoms with van der Waals surface area (Å²) in [7, 11) is 2.11. The van der Waals surface area contributed by atoms with E-state index in [0.717, 1.165) is 5.52 Å². The van der Waals surface area contributed by atoms with Crippen molar-refractivity contribution in [1.29, 1.82) is 0 Å². The molecule has 0 aromatic carbocycles. The first kappa shape index (κ1) is 6.55. The number of rotatable bonds is 1. The number of hydrogen-bond acceptors (Lipinski definition) is 4. The number of fused-ring (bicyclic) bond motifs is 1. The molecule has 11 heavy (non-hydrogen) atoms. The smallest absolute Gasteiger partial charge is 0.263 e. The van der Waals surface area contributed by atoms with E-state index in [1.165, 1.54) is 6.33 Å². The Labute approximate surface area is 64.9 Å². The lowest BCUT2D eigenvalue weighted by molar-refractivity contribution is 0.562. The molecule has 0 radical (unpaired) electrons. The van der Waals surface area contributed by atoms with Crippen LogP contribution in [0.1, 0.15) is 0 Å². The van der Waals surface area contributed by atoms with Gasteiger partial charge in [0.05, 0.1) is 15.7 Å². The Kier molecular flexibility index (Phi) is 1.47. The lowest BCUT2D eigenvalue weighted by Crippen LogP contribution is -1.82. The third-order valence-electron chi connectivity index (χ3n) is 1.32. The van der Waals surface area contributed by atoms with Gasteiger partial charge in [-0.15, -0.1) is 0 Å². The normalized spacial score (nSPS) is 10.3. The second-order valence-electron chi connectivity index (χ2n) is 1.93. The number of aromatic nitrogens is 2. The van der Waals surface area contributed by atoms with Crippen LogP contribution in [0.25, 0.3) is 11.1 Å². The van der Waals surface area contributed by atoms with Crippen molar-refractivity contribution >= 4 is 20.6 Å². The maximum Gasteiger partial charge on any atom is 0.263 e. The molecule has 0 saturated carbocycles. The van der Waals surface area contributed by atoms with Crippen molar-refractivity contribution in [3.63, 3.8) is 0 Å². The lowest BCUT2D eigenvalue weighted by Gasteiger charge is -1.95. The number of nitrogens with zero attached hydrogens (tertiary/aromatic N) is 2. The van der Waals surface area contributed by atoms with Gasteiger partial charge in [0.25, 0.3) is 5.88 Å². The first-order chi connectivity index (χ1) is 5.42. The summed E-state index contributed by atoms with van der Waals surface area (Å²) >= 11 is 0. The van der Waals surface area contributed by atoms with Crippen LogP contribution in [-0.4, -0.2) is 9.97 Å². The molecule has 4 nitrogen and oxygen atoms in total. The highest BCUT2D eigenvalue weighted by atomic mass is 31.0. The van der Waals surface area contributed by atoms with E-state index < -0.39 is 0 Å². The summed E-state index contributed by atoms with van der Waals surface area (Å²) in [6.07, 6.45) is 2.98. The van der Waals surface area contributed by atoms with E-state index in [2.05, 4.69) is 19.4 Å². The molecule has 0 aliphatic carbocycles. The number of furan rings is 1. The molecule has 0 N–H and O–H groups in total. The second kappa shape index (κ2) is 2.47. The average Bonchev–Trinajstić information content (AvgIpc) is 2.50. The number of hydrogen-bond donors (Lipinski definition) is 0. The molecule has 5 heteroatoms. The Balaban J connectivity index is 2.79. The van der Waals surface area contributed by atoms with Gasteiger partial charge in [-0.05, 0) is 0 Å². The zero-order valence-electron chi connectivity index (χ0n) is 5.52. The third kappa shape index (κ3) is 0.955. The third-order valence-corrected chi connectivity index (χ3v) is 1.55. The van der Waals surface area contributed by atoms with Gasteiger partial charge in [0.15, 0.2) is 0 Å². The van der Waals surface area contributed by atoms with Crippen molar-refractivity contribution in [3.8, 4) is 5.88 Å². The molecular weight excluding hydrogens is 163 g/mol. The van der Waals surface area contributed by atoms with Crippen LogP contribution in [0.5, 0.6) is 5.88 Å². The molecule has 1 unspecified atom stereocenters. The monoisotopic (exact) mass is 168 g/mol. The molecule has 2 heterocycles. The largest absolute Gasteiger partial charge is 0.461 e. The molecular formula is C6H5N2O2P. The molecule has 0 bridgehead atoms. The molecule has 56 valence electrons. The van der Waals surface area contributed by atoms with Gasteiger partial charge in [0, 0.05) is 6.07 Å². The van der Waals surface area contributed by atoms with E-state index >= 15 is 0 Å². The fourth-order valence-electron chi connectivity index (χ4n) is 0.850. The fourth-order valence-corrected chi connectivity index (χ4v) is 1.02. The van der Waals surface area contributed by atoms with Crippen molar-refractivity contribution in [2.45, 2.75) is 0 Å². The van der Waals surface area contributed by atoms with E-state index in [1.54, 1.807) is 12.3 Å².